The van der Waals surface area contributed by atoms with Crippen molar-refractivity contribution in [1.82, 2.24) is 24.4 Å². The van der Waals surface area contributed by atoms with Gasteiger partial charge in [-0.25, -0.2) is 4.52 Å². The van der Waals surface area contributed by atoms with Crippen molar-refractivity contribution < 1.29 is 0 Å². The van der Waals surface area contributed by atoms with E-state index >= 15 is 0 Å². The molecule has 18 heavy (non-hydrogen) atoms. The first kappa shape index (κ1) is 11.2. The van der Waals surface area contributed by atoms with Crippen LogP contribution in [-0.2, 0) is 6.54 Å². The number of nitrogens with two attached hydrogens (primary N) is 1. The van der Waals surface area contributed by atoms with Gasteiger partial charge in [-0.2, -0.15) is 10.1 Å². The summed E-state index contributed by atoms with van der Waals surface area (Å²) in [5.74, 6) is 0.261. The van der Waals surface area contributed by atoms with E-state index in [0.29, 0.717) is 0 Å². The summed E-state index contributed by atoms with van der Waals surface area (Å²) in [5, 5.41) is 8.38. The SMILES string of the molecule is CCn1cc(-c2cc(Br)cn3nc(N)nc23)cn1. The van der Waals surface area contributed by atoms with Crippen LogP contribution in [0.4, 0.5) is 5.95 Å². The minimum absolute atomic E-state index is 0.261. The number of pyridine rings is 1. The van der Waals surface area contributed by atoms with E-state index in [2.05, 4.69) is 31.1 Å². The second-order valence-corrected chi connectivity index (χ2v) is 4.81. The number of nitrogens with zero attached hydrogens (tertiary/aromatic N) is 5. The van der Waals surface area contributed by atoms with Gasteiger partial charge in [0, 0.05) is 34.5 Å². The third-order valence-corrected chi connectivity index (χ3v) is 3.12. The van der Waals surface area contributed by atoms with Gasteiger partial charge in [-0.05, 0) is 28.9 Å². The van der Waals surface area contributed by atoms with Crippen molar-refractivity contribution in [3.8, 4) is 11.1 Å². The van der Waals surface area contributed by atoms with Crippen LogP contribution in [0.2, 0.25) is 0 Å². The van der Waals surface area contributed by atoms with Crippen LogP contribution in [0.1, 0.15) is 6.92 Å². The molecule has 0 spiro atoms. The highest BCUT2D eigenvalue weighted by Crippen LogP contribution is 2.26. The van der Waals surface area contributed by atoms with Gasteiger partial charge in [0.2, 0.25) is 5.95 Å². The third kappa shape index (κ3) is 1.76. The average Bonchev–Trinajstić information content (AvgIpc) is 2.93. The number of nitrogen functional groups attached to an aromatic ring is 1. The summed E-state index contributed by atoms with van der Waals surface area (Å²) in [6.07, 6.45) is 5.62. The molecule has 0 fully saturated rings. The van der Waals surface area contributed by atoms with E-state index in [1.807, 2.05) is 36.3 Å². The standard InChI is InChI=1S/C11H11BrN6/c1-2-17-5-7(4-14-17)9-3-8(12)6-18-10(9)15-11(13)16-18/h3-6H,2H2,1H3,(H2,13,16). The Hall–Kier alpha value is -1.89. The molecule has 2 N–H and O–H groups in total. The third-order valence-electron chi connectivity index (χ3n) is 2.68. The van der Waals surface area contributed by atoms with E-state index in [0.717, 1.165) is 27.8 Å². The van der Waals surface area contributed by atoms with Crippen molar-refractivity contribution in [1.29, 1.82) is 0 Å². The molecule has 0 amide bonds. The number of anilines is 1. The second-order valence-electron chi connectivity index (χ2n) is 3.89. The first-order chi connectivity index (χ1) is 8.67. The first-order valence-corrected chi connectivity index (χ1v) is 6.31. The zero-order valence-electron chi connectivity index (χ0n) is 9.71. The Morgan fingerprint density at radius 2 is 2.22 bits per heavy atom. The van der Waals surface area contributed by atoms with Crippen LogP contribution in [0.5, 0.6) is 0 Å². The van der Waals surface area contributed by atoms with Crippen molar-refractivity contribution in [3.63, 3.8) is 0 Å². The molecular weight excluding hydrogens is 296 g/mol. The number of fused-ring (bicyclic) bond motifs is 1. The molecular formula is C11H11BrN6. The summed E-state index contributed by atoms with van der Waals surface area (Å²) in [6, 6.07) is 1.99. The molecule has 3 aromatic heterocycles. The van der Waals surface area contributed by atoms with E-state index in [4.69, 9.17) is 5.73 Å². The molecule has 0 saturated heterocycles. The number of halogens is 1. The van der Waals surface area contributed by atoms with Gasteiger partial charge in [0.15, 0.2) is 5.65 Å². The van der Waals surface area contributed by atoms with Crippen molar-refractivity contribution in [2.75, 3.05) is 5.73 Å². The number of aryl methyl sites for hydroxylation is 1. The second kappa shape index (κ2) is 4.09. The topological polar surface area (TPSA) is 74.0 Å². The van der Waals surface area contributed by atoms with Crippen LogP contribution in [0.25, 0.3) is 16.8 Å². The molecule has 0 atom stereocenters. The number of hydrogen-bond acceptors (Lipinski definition) is 4. The van der Waals surface area contributed by atoms with Gasteiger partial charge in [0.1, 0.15) is 0 Å². The van der Waals surface area contributed by atoms with Crippen LogP contribution >= 0.6 is 15.9 Å². The fourth-order valence-electron chi connectivity index (χ4n) is 1.86. The summed E-state index contributed by atoms with van der Waals surface area (Å²) < 4.78 is 4.45. The lowest BCUT2D eigenvalue weighted by Gasteiger charge is -2.01. The van der Waals surface area contributed by atoms with Crippen LogP contribution in [0.15, 0.2) is 29.1 Å². The molecule has 0 aliphatic heterocycles. The van der Waals surface area contributed by atoms with Gasteiger partial charge in [0.05, 0.1) is 6.20 Å². The van der Waals surface area contributed by atoms with E-state index < -0.39 is 0 Å². The van der Waals surface area contributed by atoms with Crippen molar-refractivity contribution in [2.24, 2.45) is 0 Å². The zero-order valence-corrected chi connectivity index (χ0v) is 11.3. The van der Waals surface area contributed by atoms with Gasteiger partial charge in [-0.1, -0.05) is 0 Å². The van der Waals surface area contributed by atoms with E-state index in [1.54, 1.807) is 4.52 Å². The quantitative estimate of drug-likeness (QED) is 0.785. The summed E-state index contributed by atoms with van der Waals surface area (Å²) in [4.78, 5) is 4.24. The molecule has 0 radical (unpaired) electrons. The lowest BCUT2D eigenvalue weighted by atomic mass is 10.1. The van der Waals surface area contributed by atoms with Crippen molar-refractivity contribution >= 4 is 27.5 Å². The smallest absolute Gasteiger partial charge is 0.240 e. The lowest BCUT2D eigenvalue weighted by Crippen LogP contribution is -1.92. The Morgan fingerprint density at radius 3 is 2.94 bits per heavy atom. The summed E-state index contributed by atoms with van der Waals surface area (Å²) in [6.45, 7) is 2.88. The van der Waals surface area contributed by atoms with Gasteiger partial charge in [-0.3, -0.25) is 4.68 Å². The maximum atomic E-state index is 5.64. The van der Waals surface area contributed by atoms with Gasteiger partial charge in [0.25, 0.3) is 0 Å². The minimum Gasteiger partial charge on any atom is -0.366 e. The molecule has 0 saturated carbocycles. The summed E-state index contributed by atoms with van der Waals surface area (Å²) >= 11 is 3.46. The highest BCUT2D eigenvalue weighted by molar-refractivity contribution is 9.10. The molecule has 0 aliphatic rings. The Balaban J connectivity index is 2.26. The fourth-order valence-corrected chi connectivity index (χ4v) is 2.28. The lowest BCUT2D eigenvalue weighted by molar-refractivity contribution is 0.660. The summed E-state index contributed by atoms with van der Waals surface area (Å²) in [5.41, 5.74) is 8.32. The van der Waals surface area contributed by atoms with Crippen LogP contribution < -0.4 is 5.73 Å². The van der Waals surface area contributed by atoms with Crippen molar-refractivity contribution in [3.05, 3.63) is 29.1 Å². The molecule has 0 aliphatic carbocycles. The van der Waals surface area contributed by atoms with Crippen LogP contribution in [-0.4, -0.2) is 24.4 Å². The maximum absolute atomic E-state index is 5.64. The maximum Gasteiger partial charge on any atom is 0.240 e. The number of aromatic nitrogens is 5. The Kier molecular flexibility index (Phi) is 2.55. The molecule has 0 unspecified atom stereocenters. The predicted molar refractivity (Wildman–Crippen MR) is 72.0 cm³/mol. The minimum atomic E-state index is 0.261. The molecule has 3 rings (SSSR count). The Morgan fingerprint density at radius 1 is 1.39 bits per heavy atom. The molecule has 92 valence electrons. The van der Waals surface area contributed by atoms with Crippen molar-refractivity contribution in [2.45, 2.75) is 13.5 Å². The normalized spacial score (nSPS) is 11.2. The molecule has 7 heteroatoms. The van der Waals surface area contributed by atoms with Gasteiger partial charge in [-0.15, -0.1) is 5.10 Å². The number of rotatable bonds is 2. The van der Waals surface area contributed by atoms with Gasteiger partial charge < -0.3 is 5.73 Å². The van der Waals surface area contributed by atoms with E-state index in [-0.39, 0.29) is 5.95 Å². The number of hydrogen-bond donors (Lipinski definition) is 1. The van der Waals surface area contributed by atoms with E-state index in [9.17, 15) is 0 Å². The molecule has 3 aromatic rings. The first-order valence-electron chi connectivity index (χ1n) is 5.51. The summed E-state index contributed by atoms with van der Waals surface area (Å²) in [7, 11) is 0. The Bertz CT molecular complexity index is 713. The van der Waals surface area contributed by atoms with Crippen LogP contribution in [0, 0.1) is 0 Å². The fraction of sp³-hybridized carbons (Fsp3) is 0.182. The monoisotopic (exact) mass is 306 g/mol. The van der Waals surface area contributed by atoms with Gasteiger partial charge >= 0.3 is 0 Å². The zero-order chi connectivity index (χ0) is 12.7. The van der Waals surface area contributed by atoms with E-state index in [1.165, 1.54) is 0 Å². The largest absolute Gasteiger partial charge is 0.366 e. The highest BCUT2D eigenvalue weighted by atomic mass is 79.9. The molecule has 0 bridgehead atoms. The average molecular weight is 307 g/mol. The highest BCUT2D eigenvalue weighted by Gasteiger charge is 2.11. The molecule has 3 heterocycles. The predicted octanol–water partition coefficient (Wildman–Crippen LogP) is 1.96. The molecule has 6 nitrogen and oxygen atoms in total. The molecule has 0 aromatic carbocycles. The Labute approximate surface area is 112 Å². The van der Waals surface area contributed by atoms with Crippen LogP contribution in [0.3, 0.4) is 0 Å².